The lowest BCUT2D eigenvalue weighted by molar-refractivity contribution is -0.137. The molecule has 1 heterocycles. The Morgan fingerprint density at radius 1 is 1.08 bits per heavy atom. The molecule has 7 heteroatoms. The third kappa shape index (κ3) is 4.08. The van der Waals surface area contributed by atoms with E-state index in [0.29, 0.717) is 11.3 Å². The zero-order chi connectivity index (χ0) is 18.0. The summed E-state index contributed by atoms with van der Waals surface area (Å²) in [6.07, 6.45) is -2.47. The summed E-state index contributed by atoms with van der Waals surface area (Å²) in [5.41, 5.74) is 0.493. The van der Waals surface area contributed by atoms with Crippen LogP contribution < -0.4 is 10.2 Å². The van der Waals surface area contributed by atoms with Gasteiger partial charge in [0.15, 0.2) is 0 Å². The maximum absolute atomic E-state index is 13.1. The summed E-state index contributed by atoms with van der Waals surface area (Å²) in [4.78, 5) is 14.6. The molecule has 1 amide bonds. The molecule has 0 unspecified atom stereocenters. The smallest absolute Gasteiger partial charge is 0.370 e. The van der Waals surface area contributed by atoms with Crippen LogP contribution in [0.25, 0.3) is 0 Å². The van der Waals surface area contributed by atoms with Crippen molar-refractivity contribution in [3.63, 3.8) is 0 Å². The summed E-state index contributed by atoms with van der Waals surface area (Å²) in [6.45, 7) is 1.55. The Bertz CT molecular complexity index is 786. The van der Waals surface area contributed by atoms with E-state index in [4.69, 9.17) is 0 Å². The van der Waals surface area contributed by atoms with Crippen LogP contribution in [0.4, 0.5) is 24.5 Å². The average Bonchev–Trinajstić information content (AvgIpc) is 3.08. The number of rotatable bonds is 3. The maximum Gasteiger partial charge on any atom is 0.416 e. The largest absolute Gasteiger partial charge is 0.416 e. The van der Waals surface area contributed by atoms with E-state index in [1.807, 2.05) is 27.5 Å². The molecule has 2 aromatic rings. The van der Waals surface area contributed by atoms with Gasteiger partial charge in [0.1, 0.15) is 0 Å². The maximum atomic E-state index is 13.1. The molecule has 3 rings (SSSR count). The highest BCUT2D eigenvalue weighted by atomic mass is 127. The van der Waals surface area contributed by atoms with Crippen molar-refractivity contribution in [3.05, 3.63) is 57.2 Å². The summed E-state index contributed by atoms with van der Waals surface area (Å²) in [5, 5.41) is 2.67. The molecule has 0 aliphatic carbocycles. The fourth-order valence-corrected chi connectivity index (χ4v) is 3.51. The van der Waals surface area contributed by atoms with Crippen molar-refractivity contribution in [2.75, 3.05) is 23.3 Å². The molecule has 1 aliphatic heterocycles. The Balaban J connectivity index is 1.97. The van der Waals surface area contributed by atoms with Gasteiger partial charge >= 0.3 is 6.18 Å². The summed E-state index contributed by atoms with van der Waals surface area (Å²) >= 11 is 2.03. The number of hydrogen-bond donors (Lipinski definition) is 1. The van der Waals surface area contributed by atoms with Gasteiger partial charge in [-0.2, -0.15) is 13.2 Å². The lowest BCUT2D eigenvalue weighted by Crippen LogP contribution is -2.22. The Kier molecular flexibility index (Phi) is 5.21. The Morgan fingerprint density at radius 2 is 1.76 bits per heavy atom. The number of nitrogens with zero attached hydrogens (tertiary/aromatic N) is 1. The second-order valence-corrected chi connectivity index (χ2v) is 7.02. The molecule has 1 fully saturated rings. The van der Waals surface area contributed by atoms with Crippen molar-refractivity contribution in [1.29, 1.82) is 0 Å². The minimum Gasteiger partial charge on any atom is -0.370 e. The second-order valence-electron chi connectivity index (χ2n) is 5.86. The average molecular weight is 460 g/mol. The van der Waals surface area contributed by atoms with Gasteiger partial charge in [-0.3, -0.25) is 4.79 Å². The van der Waals surface area contributed by atoms with Gasteiger partial charge in [-0.05, 0) is 65.8 Å². The summed E-state index contributed by atoms with van der Waals surface area (Å²) in [7, 11) is 0. The van der Waals surface area contributed by atoms with E-state index in [1.165, 1.54) is 6.07 Å². The molecular weight excluding hydrogens is 444 g/mol. The first-order valence-electron chi connectivity index (χ1n) is 7.88. The van der Waals surface area contributed by atoms with Gasteiger partial charge in [0.25, 0.3) is 5.91 Å². The number of anilines is 2. The molecule has 0 aromatic heterocycles. The number of nitrogens with one attached hydrogen (secondary N) is 1. The van der Waals surface area contributed by atoms with Crippen molar-refractivity contribution >= 4 is 39.9 Å². The molecule has 132 valence electrons. The van der Waals surface area contributed by atoms with Crippen LogP contribution in [-0.4, -0.2) is 19.0 Å². The van der Waals surface area contributed by atoms with Crippen LogP contribution in [-0.2, 0) is 6.18 Å². The van der Waals surface area contributed by atoms with Crippen molar-refractivity contribution < 1.29 is 18.0 Å². The molecule has 25 heavy (non-hydrogen) atoms. The first-order valence-corrected chi connectivity index (χ1v) is 8.96. The van der Waals surface area contributed by atoms with Crippen LogP contribution in [0.5, 0.6) is 0 Å². The molecule has 1 saturated heterocycles. The first kappa shape index (κ1) is 18.0. The highest BCUT2D eigenvalue weighted by molar-refractivity contribution is 14.1. The monoisotopic (exact) mass is 460 g/mol. The molecule has 0 bridgehead atoms. The highest BCUT2D eigenvalue weighted by Crippen LogP contribution is 2.36. The molecule has 1 N–H and O–H groups in total. The van der Waals surface area contributed by atoms with Crippen LogP contribution in [0.1, 0.15) is 28.8 Å². The minimum absolute atomic E-state index is 0.196. The number of carbonyl (C=O) groups excluding carboxylic acids is 1. The fourth-order valence-electron chi connectivity index (χ4n) is 2.88. The summed E-state index contributed by atoms with van der Waals surface area (Å²) < 4.78 is 40.0. The number of benzene rings is 2. The third-order valence-electron chi connectivity index (χ3n) is 4.14. The van der Waals surface area contributed by atoms with Gasteiger partial charge in [-0.15, -0.1) is 0 Å². The van der Waals surface area contributed by atoms with E-state index in [2.05, 4.69) is 5.32 Å². The molecule has 0 atom stereocenters. The van der Waals surface area contributed by atoms with E-state index >= 15 is 0 Å². The normalized spacial score (nSPS) is 14.6. The van der Waals surface area contributed by atoms with Crippen molar-refractivity contribution in [2.45, 2.75) is 19.0 Å². The summed E-state index contributed by atoms with van der Waals surface area (Å²) in [6, 6.07) is 10.5. The lowest BCUT2D eigenvalue weighted by atomic mass is 10.1. The molecule has 1 aliphatic rings. The van der Waals surface area contributed by atoms with Gasteiger partial charge in [-0.25, -0.2) is 0 Å². The van der Waals surface area contributed by atoms with Crippen LogP contribution in [0, 0.1) is 3.57 Å². The number of carbonyl (C=O) groups is 1. The van der Waals surface area contributed by atoms with E-state index in [0.717, 1.165) is 41.6 Å². The third-order valence-corrected chi connectivity index (χ3v) is 5.08. The predicted molar refractivity (Wildman–Crippen MR) is 100 cm³/mol. The zero-order valence-electron chi connectivity index (χ0n) is 13.2. The fraction of sp³-hybridized carbons (Fsp3) is 0.278. The predicted octanol–water partition coefficient (Wildman–Crippen LogP) is 5.16. The van der Waals surface area contributed by atoms with Gasteiger partial charge in [0.05, 0.1) is 22.5 Å². The number of halogens is 4. The standard InChI is InChI=1S/C18H16F3IN2O/c19-18(20,21)12-7-8-16(24-9-3-4-10-24)15(11-12)23-17(25)13-5-1-2-6-14(13)22/h1-2,5-8,11H,3-4,9-10H2,(H,23,25). The van der Waals surface area contributed by atoms with Crippen molar-refractivity contribution in [1.82, 2.24) is 0 Å². The first-order chi connectivity index (χ1) is 11.9. The van der Waals surface area contributed by atoms with Crippen LogP contribution in [0.3, 0.4) is 0 Å². The molecular formula is C18H16F3IN2O. The zero-order valence-corrected chi connectivity index (χ0v) is 15.4. The van der Waals surface area contributed by atoms with Crippen molar-refractivity contribution in [2.24, 2.45) is 0 Å². The highest BCUT2D eigenvalue weighted by Gasteiger charge is 2.32. The van der Waals surface area contributed by atoms with Crippen LogP contribution >= 0.6 is 22.6 Å². The van der Waals surface area contributed by atoms with E-state index in [9.17, 15) is 18.0 Å². The topological polar surface area (TPSA) is 32.3 Å². The number of amides is 1. The number of hydrogen-bond acceptors (Lipinski definition) is 2. The van der Waals surface area contributed by atoms with Gasteiger partial charge in [-0.1, -0.05) is 12.1 Å². The molecule has 3 nitrogen and oxygen atoms in total. The van der Waals surface area contributed by atoms with Crippen LogP contribution in [0.15, 0.2) is 42.5 Å². The molecule has 0 saturated carbocycles. The molecule has 2 aromatic carbocycles. The number of alkyl halides is 3. The summed E-state index contributed by atoms with van der Waals surface area (Å²) in [5.74, 6) is -0.412. The Morgan fingerprint density at radius 3 is 2.40 bits per heavy atom. The van der Waals surface area contributed by atoms with Gasteiger partial charge in [0.2, 0.25) is 0 Å². The van der Waals surface area contributed by atoms with Crippen molar-refractivity contribution in [3.8, 4) is 0 Å². The van der Waals surface area contributed by atoms with E-state index in [-0.39, 0.29) is 5.69 Å². The molecule has 0 spiro atoms. The van der Waals surface area contributed by atoms with Gasteiger partial charge in [0, 0.05) is 16.7 Å². The SMILES string of the molecule is O=C(Nc1cc(C(F)(F)F)ccc1N1CCCC1)c1ccccc1I. The van der Waals surface area contributed by atoms with E-state index < -0.39 is 17.6 Å². The second kappa shape index (κ2) is 7.23. The minimum atomic E-state index is -4.45. The quantitative estimate of drug-likeness (QED) is 0.642. The van der Waals surface area contributed by atoms with Crippen LogP contribution in [0.2, 0.25) is 0 Å². The Labute approximate surface area is 157 Å². The van der Waals surface area contributed by atoms with E-state index in [1.54, 1.807) is 24.3 Å². The Hall–Kier alpha value is -1.77. The lowest BCUT2D eigenvalue weighted by Gasteiger charge is -2.23. The molecule has 0 radical (unpaired) electrons. The van der Waals surface area contributed by atoms with Gasteiger partial charge < -0.3 is 10.2 Å².